The Kier molecular flexibility index (Phi) is 2.33. The number of hydrogen-bond acceptors (Lipinski definition) is 1. The highest BCUT2D eigenvalue weighted by Gasteiger charge is 2.52. The molecule has 0 aromatic heterocycles. The van der Waals surface area contributed by atoms with E-state index in [0.29, 0.717) is 23.3 Å². The van der Waals surface area contributed by atoms with E-state index in [1.54, 1.807) is 0 Å². The topological polar surface area (TPSA) is 20.3 Å². The molecule has 1 saturated heterocycles. The molecule has 2 aliphatic heterocycles. The van der Waals surface area contributed by atoms with Gasteiger partial charge in [-0.1, -0.05) is 37.6 Å². The normalized spacial score (nSPS) is 36.7. The predicted octanol–water partition coefficient (Wildman–Crippen LogP) is 3.47. The molecule has 2 heterocycles. The van der Waals surface area contributed by atoms with E-state index in [2.05, 4.69) is 36.1 Å². The second-order valence-corrected chi connectivity index (χ2v) is 6.82. The highest BCUT2D eigenvalue weighted by atomic mass is 16.2. The van der Waals surface area contributed by atoms with Crippen molar-refractivity contribution in [3.8, 4) is 0 Å². The predicted molar refractivity (Wildman–Crippen MR) is 74.7 cm³/mol. The molecule has 2 fully saturated rings. The average molecular weight is 255 g/mol. The maximum atomic E-state index is 12.3. The van der Waals surface area contributed by atoms with Crippen LogP contribution in [0.25, 0.3) is 0 Å². The van der Waals surface area contributed by atoms with Gasteiger partial charge in [-0.15, -0.1) is 0 Å². The van der Waals surface area contributed by atoms with Gasteiger partial charge in [0.05, 0.1) is 0 Å². The lowest BCUT2D eigenvalue weighted by atomic mass is 9.59. The largest absolute Gasteiger partial charge is 0.334 e. The SMILES string of the molecule is C[C@]12CCC[C@H]3c4ccccc4CN(C(=O)CC1)[C@H]32. The van der Waals surface area contributed by atoms with Crippen LogP contribution in [0.1, 0.15) is 56.1 Å². The first-order chi connectivity index (χ1) is 9.19. The van der Waals surface area contributed by atoms with E-state index >= 15 is 0 Å². The van der Waals surface area contributed by atoms with Crippen molar-refractivity contribution >= 4 is 5.91 Å². The minimum absolute atomic E-state index is 0.352. The summed E-state index contributed by atoms with van der Waals surface area (Å²) in [5, 5.41) is 0. The first kappa shape index (κ1) is 11.5. The van der Waals surface area contributed by atoms with Crippen LogP contribution in [0.4, 0.5) is 0 Å². The van der Waals surface area contributed by atoms with Gasteiger partial charge in [0.2, 0.25) is 5.91 Å². The average Bonchev–Trinajstić information content (AvgIpc) is 2.43. The van der Waals surface area contributed by atoms with Crippen LogP contribution in [0.2, 0.25) is 0 Å². The minimum Gasteiger partial charge on any atom is -0.334 e. The van der Waals surface area contributed by atoms with Gasteiger partial charge in [0.1, 0.15) is 0 Å². The van der Waals surface area contributed by atoms with Crippen LogP contribution >= 0.6 is 0 Å². The van der Waals surface area contributed by atoms with Crippen LogP contribution in [0.5, 0.6) is 0 Å². The maximum absolute atomic E-state index is 12.3. The number of fused-ring (bicyclic) bond motifs is 2. The number of carbonyl (C=O) groups is 1. The fraction of sp³-hybridized carbons (Fsp3) is 0.588. The van der Waals surface area contributed by atoms with Crippen molar-refractivity contribution in [1.29, 1.82) is 0 Å². The summed E-state index contributed by atoms with van der Waals surface area (Å²) in [5.41, 5.74) is 3.25. The van der Waals surface area contributed by atoms with E-state index in [0.717, 1.165) is 19.4 Å². The molecule has 1 saturated carbocycles. The summed E-state index contributed by atoms with van der Waals surface area (Å²) in [7, 11) is 0. The van der Waals surface area contributed by atoms with E-state index in [9.17, 15) is 4.79 Å². The summed E-state index contributed by atoms with van der Waals surface area (Å²) in [5.74, 6) is 0.955. The van der Waals surface area contributed by atoms with Gasteiger partial charge in [-0.2, -0.15) is 0 Å². The number of carbonyl (C=O) groups excluding carboxylic acids is 1. The molecule has 0 N–H and O–H groups in total. The molecule has 1 aromatic carbocycles. The number of amides is 1. The van der Waals surface area contributed by atoms with Crippen LogP contribution in [0.3, 0.4) is 0 Å². The van der Waals surface area contributed by atoms with Crippen molar-refractivity contribution in [2.24, 2.45) is 5.41 Å². The van der Waals surface area contributed by atoms with E-state index in [4.69, 9.17) is 0 Å². The molecule has 0 spiro atoms. The summed E-state index contributed by atoms with van der Waals surface area (Å²) in [6.07, 6.45) is 5.70. The first-order valence-electron chi connectivity index (χ1n) is 7.56. The third-order valence-corrected chi connectivity index (χ3v) is 5.72. The Hall–Kier alpha value is -1.31. The molecular weight excluding hydrogens is 234 g/mol. The van der Waals surface area contributed by atoms with Gasteiger partial charge in [-0.3, -0.25) is 4.79 Å². The van der Waals surface area contributed by atoms with Crippen LogP contribution in [0, 0.1) is 5.41 Å². The molecule has 2 nitrogen and oxygen atoms in total. The molecule has 3 atom stereocenters. The Labute approximate surface area is 114 Å². The molecule has 1 aromatic rings. The van der Waals surface area contributed by atoms with Gasteiger partial charge in [0.15, 0.2) is 0 Å². The third-order valence-electron chi connectivity index (χ3n) is 5.72. The fourth-order valence-electron chi connectivity index (χ4n) is 4.81. The van der Waals surface area contributed by atoms with E-state index in [1.165, 1.54) is 30.4 Å². The smallest absolute Gasteiger partial charge is 0.223 e. The number of nitrogens with zero attached hydrogens (tertiary/aromatic N) is 1. The van der Waals surface area contributed by atoms with Crippen molar-refractivity contribution in [2.45, 2.75) is 57.5 Å². The Morgan fingerprint density at radius 2 is 2.11 bits per heavy atom. The molecule has 0 bridgehead atoms. The summed E-state index contributed by atoms with van der Waals surface area (Å²) < 4.78 is 0. The molecule has 0 radical (unpaired) electrons. The van der Waals surface area contributed by atoms with Gasteiger partial charge in [-0.25, -0.2) is 0 Å². The Morgan fingerprint density at radius 3 is 3.00 bits per heavy atom. The highest BCUT2D eigenvalue weighted by Crippen LogP contribution is 2.54. The molecule has 1 amide bonds. The number of hydrogen-bond donors (Lipinski definition) is 0. The lowest BCUT2D eigenvalue weighted by molar-refractivity contribution is -0.148. The molecule has 19 heavy (non-hydrogen) atoms. The zero-order valence-corrected chi connectivity index (χ0v) is 11.6. The first-order valence-corrected chi connectivity index (χ1v) is 7.56. The third kappa shape index (κ3) is 1.52. The molecule has 4 rings (SSSR count). The summed E-state index contributed by atoms with van der Waals surface area (Å²) in [4.78, 5) is 14.5. The van der Waals surface area contributed by atoms with Crippen molar-refractivity contribution in [1.82, 2.24) is 4.90 Å². The second kappa shape index (κ2) is 3.84. The van der Waals surface area contributed by atoms with Gasteiger partial charge in [0, 0.05) is 24.9 Å². The molecular formula is C17H21NO. The van der Waals surface area contributed by atoms with Gasteiger partial charge >= 0.3 is 0 Å². The lowest BCUT2D eigenvalue weighted by Crippen LogP contribution is -2.59. The number of rotatable bonds is 0. The van der Waals surface area contributed by atoms with E-state index < -0.39 is 0 Å². The van der Waals surface area contributed by atoms with Crippen molar-refractivity contribution in [3.05, 3.63) is 35.4 Å². The Morgan fingerprint density at radius 1 is 1.26 bits per heavy atom. The second-order valence-electron chi connectivity index (χ2n) is 6.82. The maximum Gasteiger partial charge on any atom is 0.223 e. The van der Waals surface area contributed by atoms with Crippen molar-refractivity contribution in [2.75, 3.05) is 0 Å². The zero-order valence-electron chi connectivity index (χ0n) is 11.6. The summed E-state index contributed by atoms with van der Waals surface area (Å²) in [6.45, 7) is 3.25. The van der Waals surface area contributed by atoms with Crippen LogP contribution < -0.4 is 0 Å². The molecule has 100 valence electrons. The van der Waals surface area contributed by atoms with Gasteiger partial charge in [-0.05, 0) is 35.8 Å². The zero-order chi connectivity index (χ0) is 13.0. The summed E-state index contributed by atoms with van der Waals surface area (Å²) in [6, 6.07) is 9.22. The molecule has 2 heteroatoms. The number of benzene rings is 1. The van der Waals surface area contributed by atoms with Gasteiger partial charge in [0.25, 0.3) is 0 Å². The Balaban J connectivity index is 1.86. The number of piperidine rings is 1. The lowest BCUT2D eigenvalue weighted by Gasteiger charge is -2.57. The van der Waals surface area contributed by atoms with E-state index in [1.807, 2.05) is 0 Å². The van der Waals surface area contributed by atoms with Crippen LogP contribution in [0.15, 0.2) is 24.3 Å². The van der Waals surface area contributed by atoms with Crippen LogP contribution in [-0.4, -0.2) is 16.8 Å². The molecule has 1 aliphatic carbocycles. The summed E-state index contributed by atoms with van der Waals surface area (Å²) >= 11 is 0. The quantitative estimate of drug-likeness (QED) is 0.695. The Bertz CT molecular complexity index is 538. The van der Waals surface area contributed by atoms with Gasteiger partial charge < -0.3 is 4.90 Å². The highest BCUT2D eigenvalue weighted by molar-refractivity contribution is 5.78. The molecule has 3 aliphatic rings. The van der Waals surface area contributed by atoms with Crippen molar-refractivity contribution in [3.63, 3.8) is 0 Å². The molecule has 0 unspecified atom stereocenters. The van der Waals surface area contributed by atoms with E-state index in [-0.39, 0.29) is 0 Å². The fourth-order valence-corrected chi connectivity index (χ4v) is 4.81. The minimum atomic E-state index is 0.352. The monoisotopic (exact) mass is 255 g/mol. The van der Waals surface area contributed by atoms with Crippen LogP contribution in [-0.2, 0) is 11.3 Å². The van der Waals surface area contributed by atoms with Crippen molar-refractivity contribution < 1.29 is 4.79 Å². The standard InChI is InChI=1S/C17H21NO/c1-17-9-4-7-14-13-6-3-2-5-12(13)11-18(16(14)17)15(19)8-10-17/h2-3,5-6,14,16H,4,7-11H2,1H3/t14-,16+,17-/m0/s1.